The number of fused-ring (bicyclic) bond motifs is 2. The van der Waals surface area contributed by atoms with Crippen LogP contribution in [0.3, 0.4) is 0 Å². The van der Waals surface area contributed by atoms with Gasteiger partial charge >= 0.3 is 5.97 Å². The number of nitrogens with zero attached hydrogens (tertiary/aromatic N) is 1. The fraction of sp³-hybridized carbons (Fsp3) is 0.730. The predicted molar refractivity (Wildman–Crippen MR) is 175 cm³/mol. The maximum atomic E-state index is 14.3. The van der Waals surface area contributed by atoms with Crippen molar-refractivity contribution in [2.45, 2.75) is 134 Å². The van der Waals surface area contributed by atoms with Crippen molar-refractivity contribution in [1.82, 2.24) is 0 Å². The lowest BCUT2D eigenvalue weighted by Crippen LogP contribution is -2.63. The van der Waals surface area contributed by atoms with Crippen LogP contribution in [0.5, 0.6) is 0 Å². The van der Waals surface area contributed by atoms with Gasteiger partial charge < -0.3 is 38.7 Å². The predicted octanol–water partition coefficient (Wildman–Crippen LogP) is 4.94. The molecule has 2 bridgehead atoms. The minimum Gasteiger partial charge on any atom is -0.462 e. The largest absolute Gasteiger partial charge is 0.462 e. The van der Waals surface area contributed by atoms with E-state index in [1.54, 1.807) is 20.1 Å². The van der Waals surface area contributed by atoms with E-state index in [1.165, 1.54) is 5.57 Å². The summed E-state index contributed by atoms with van der Waals surface area (Å²) < 4.78 is 32.4. The smallest absolute Gasteiger partial charge is 0.316 e. The van der Waals surface area contributed by atoms with Crippen molar-refractivity contribution in [3.8, 4) is 0 Å². The third-order valence-electron chi connectivity index (χ3n) is 11.0. The number of allylic oxidation sites excluding steroid dienone is 3. The van der Waals surface area contributed by atoms with Crippen LogP contribution in [0.15, 0.2) is 52.3 Å². The Morgan fingerprint density at radius 3 is 2.64 bits per heavy atom. The molecule has 12 atom stereocenters. The molecule has 6 aliphatic rings. The van der Waals surface area contributed by atoms with E-state index in [2.05, 4.69) is 64.9 Å². The summed E-state index contributed by atoms with van der Waals surface area (Å²) in [5, 5.41) is 27.9. The molecule has 6 rings (SSSR count). The van der Waals surface area contributed by atoms with Gasteiger partial charge in [-0.1, -0.05) is 68.8 Å². The SMILES string of the molecule is CO/N=C1\C[C@]2(C[C@@H]3C[C@@H](C/C=C(\C)C[C@@H](C)/C=C/C4OC45CO[C@@H]4[C@H](O)C(C)=C[C@@H](C(=O)O3)[C@@]45O)O2)O[C@H](/C(C)=C/C(C)C)[C@H]1C. The van der Waals surface area contributed by atoms with Crippen LogP contribution < -0.4 is 0 Å². The van der Waals surface area contributed by atoms with Crippen LogP contribution >= 0.6 is 0 Å². The number of aliphatic hydroxyl groups is 2. The summed E-state index contributed by atoms with van der Waals surface area (Å²) in [4.78, 5) is 19.6. The highest BCUT2D eigenvalue weighted by Gasteiger charge is 2.79. The molecule has 0 aromatic rings. The number of hydrogen-bond acceptors (Lipinski definition) is 10. The summed E-state index contributed by atoms with van der Waals surface area (Å²) in [6.45, 7) is 14.5. The second-order valence-corrected chi connectivity index (χ2v) is 15.2. The normalized spacial score (nSPS) is 48.2. The molecule has 4 fully saturated rings. The Morgan fingerprint density at radius 1 is 1.15 bits per heavy atom. The van der Waals surface area contributed by atoms with Gasteiger partial charge in [0, 0.05) is 25.2 Å². The van der Waals surface area contributed by atoms with E-state index in [4.69, 9.17) is 28.5 Å². The summed E-state index contributed by atoms with van der Waals surface area (Å²) in [6.07, 6.45) is 9.01. The fourth-order valence-electron chi connectivity index (χ4n) is 8.66. The van der Waals surface area contributed by atoms with Crippen molar-refractivity contribution >= 4 is 11.7 Å². The van der Waals surface area contributed by atoms with Crippen LogP contribution in [0.1, 0.15) is 80.6 Å². The molecule has 5 aliphatic heterocycles. The van der Waals surface area contributed by atoms with Gasteiger partial charge in [-0.25, -0.2) is 0 Å². The van der Waals surface area contributed by atoms with Gasteiger partial charge in [0.2, 0.25) is 0 Å². The number of aliphatic hydroxyl groups excluding tert-OH is 1. The summed E-state index contributed by atoms with van der Waals surface area (Å²) in [6, 6.07) is 0. The molecule has 0 amide bonds. The molecule has 47 heavy (non-hydrogen) atoms. The Kier molecular flexibility index (Phi) is 9.43. The van der Waals surface area contributed by atoms with Crippen LogP contribution in [0.2, 0.25) is 0 Å². The van der Waals surface area contributed by atoms with Crippen LogP contribution in [-0.2, 0) is 33.3 Å². The maximum absolute atomic E-state index is 14.3. The second kappa shape index (κ2) is 12.8. The number of esters is 1. The molecule has 4 saturated heterocycles. The zero-order chi connectivity index (χ0) is 33.9. The van der Waals surface area contributed by atoms with Gasteiger partial charge in [-0.15, -0.1) is 0 Å². The quantitative estimate of drug-likeness (QED) is 0.188. The first-order valence-electron chi connectivity index (χ1n) is 17.3. The molecular formula is C37H53NO9. The Bertz CT molecular complexity index is 1380. The topological polar surface area (TPSA) is 129 Å². The zero-order valence-corrected chi connectivity index (χ0v) is 29.1. The zero-order valence-electron chi connectivity index (χ0n) is 29.1. The van der Waals surface area contributed by atoms with Crippen LogP contribution in [0.25, 0.3) is 0 Å². The van der Waals surface area contributed by atoms with Crippen LogP contribution in [0, 0.1) is 23.7 Å². The molecule has 10 heteroatoms. The summed E-state index contributed by atoms with van der Waals surface area (Å²) in [7, 11) is 1.55. The molecule has 260 valence electrons. The van der Waals surface area contributed by atoms with Gasteiger partial charge in [0.25, 0.3) is 0 Å². The highest BCUT2D eigenvalue weighted by Crippen LogP contribution is 2.59. The molecule has 2 spiro atoms. The monoisotopic (exact) mass is 655 g/mol. The van der Waals surface area contributed by atoms with Crippen molar-refractivity contribution in [2.75, 3.05) is 13.7 Å². The molecule has 0 aromatic carbocycles. The van der Waals surface area contributed by atoms with Gasteiger partial charge in [0.05, 0.1) is 24.5 Å². The first kappa shape index (κ1) is 34.5. The van der Waals surface area contributed by atoms with Gasteiger partial charge in [-0.2, -0.15) is 0 Å². The number of hydrogen-bond donors (Lipinski definition) is 2. The van der Waals surface area contributed by atoms with E-state index in [1.807, 2.05) is 6.08 Å². The lowest BCUT2D eigenvalue weighted by Gasteiger charge is -2.50. The standard InChI is InChI=1S/C37H53NO9/c1-20(2)13-24(6)32-25(7)29(38-42-8)18-35(47-32)17-27-16-26(45-35)11-9-21(3)14-22(4)10-12-30-36(46-30)19-43-33-31(39)23(5)15-28(34(40)44-27)37(33,36)41/h9-10,12-13,15,20,22,25-28,30-33,39,41H,11,14,16-19H2,1-8H3/b12-10+,21-9+,24-13+,38-29+/t22-,25-,26+,27-,28-,30?,31+,32+,33+,35-,36?,37+/m0/s1. The van der Waals surface area contributed by atoms with Crippen molar-refractivity contribution in [1.29, 1.82) is 0 Å². The third kappa shape index (κ3) is 6.19. The lowest BCUT2D eigenvalue weighted by molar-refractivity contribution is -0.313. The van der Waals surface area contributed by atoms with Gasteiger partial charge in [0.1, 0.15) is 43.0 Å². The number of rotatable bonds is 3. The van der Waals surface area contributed by atoms with Crippen molar-refractivity contribution in [2.24, 2.45) is 28.8 Å². The Morgan fingerprint density at radius 2 is 1.91 bits per heavy atom. The first-order chi connectivity index (χ1) is 22.2. The van der Waals surface area contributed by atoms with E-state index in [0.717, 1.165) is 17.7 Å². The molecule has 0 saturated carbocycles. The summed E-state index contributed by atoms with van der Waals surface area (Å²) >= 11 is 0. The van der Waals surface area contributed by atoms with Gasteiger partial charge in [-0.05, 0) is 56.6 Å². The van der Waals surface area contributed by atoms with Crippen molar-refractivity contribution in [3.63, 3.8) is 0 Å². The fourth-order valence-corrected chi connectivity index (χ4v) is 8.66. The van der Waals surface area contributed by atoms with E-state index in [-0.39, 0.29) is 30.7 Å². The molecule has 1 aliphatic carbocycles. The maximum Gasteiger partial charge on any atom is 0.316 e. The van der Waals surface area contributed by atoms with Crippen molar-refractivity contribution in [3.05, 3.63) is 47.1 Å². The van der Waals surface area contributed by atoms with E-state index < -0.39 is 53.3 Å². The molecule has 0 aromatic heterocycles. The van der Waals surface area contributed by atoms with Crippen molar-refractivity contribution < 1.29 is 43.5 Å². The second-order valence-electron chi connectivity index (χ2n) is 15.2. The van der Waals surface area contributed by atoms with Crippen LogP contribution in [0.4, 0.5) is 0 Å². The minimum atomic E-state index is -1.81. The average Bonchev–Trinajstić information content (AvgIpc) is 3.63. The van der Waals surface area contributed by atoms with Crippen LogP contribution in [-0.4, -0.2) is 89.2 Å². The number of carbonyl (C=O) groups excluding carboxylic acids is 1. The number of oxime groups is 1. The Balaban J connectivity index is 1.39. The average molecular weight is 656 g/mol. The molecule has 0 radical (unpaired) electrons. The Labute approximate surface area is 278 Å². The molecule has 5 heterocycles. The number of ether oxygens (including phenoxy) is 5. The summed E-state index contributed by atoms with van der Waals surface area (Å²) in [5.74, 6) is -2.28. The van der Waals surface area contributed by atoms with E-state index in [9.17, 15) is 15.0 Å². The number of epoxide rings is 1. The molecular weight excluding hydrogens is 602 g/mol. The van der Waals surface area contributed by atoms with E-state index >= 15 is 0 Å². The molecule has 2 unspecified atom stereocenters. The highest BCUT2D eigenvalue weighted by atomic mass is 16.7. The Hall–Kier alpha value is -2.34. The summed E-state index contributed by atoms with van der Waals surface area (Å²) in [5.41, 5.74) is 0.733. The molecule has 10 nitrogen and oxygen atoms in total. The lowest BCUT2D eigenvalue weighted by atomic mass is 9.67. The number of carbonyl (C=O) groups is 1. The third-order valence-corrected chi connectivity index (χ3v) is 11.0. The van der Waals surface area contributed by atoms with Gasteiger partial charge in [-0.3, -0.25) is 4.79 Å². The van der Waals surface area contributed by atoms with E-state index in [0.29, 0.717) is 37.2 Å². The minimum absolute atomic E-state index is 0.0409. The molecule has 2 N–H and O–H groups in total. The van der Waals surface area contributed by atoms with Gasteiger partial charge in [0.15, 0.2) is 11.4 Å². The first-order valence-corrected chi connectivity index (χ1v) is 17.3. The highest BCUT2D eigenvalue weighted by molar-refractivity contribution is 5.88.